The number of anilines is 1. The van der Waals surface area contributed by atoms with Gasteiger partial charge in [-0.2, -0.15) is 0 Å². The summed E-state index contributed by atoms with van der Waals surface area (Å²) in [5.74, 6) is 1.53. The van der Waals surface area contributed by atoms with Gasteiger partial charge in [0.2, 0.25) is 5.91 Å². The molecule has 1 N–H and O–H groups in total. The van der Waals surface area contributed by atoms with Crippen LogP contribution in [0.25, 0.3) is 0 Å². The van der Waals surface area contributed by atoms with Gasteiger partial charge in [0.1, 0.15) is 29.9 Å². The van der Waals surface area contributed by atoms with Crippen molar-refractivity contribution < 1.29 is 23.8 Å². The van der Waals surface area contributed by atoms with Crippen LogP contribution in [0.3, 0.4) is 0 Å². The Kier molecular flexibility index (Phi) is 6.26. The third-order valence-corrected chi connectivity index (χ3v) is 4.73. The van der Waals surface area contributed by atoms with E-state index < -0.39 is 12.1 Å². The van der Waals surface area contributed by atoms with Gasteiger partial charge in [-0.05, 0) is 57.2 Å². The Labute approximate surface area is 170 Å². The first-order valence-corrected chi connectivity index (χ1v) is 9.56. The standard InChI is InChI=1S/C22H26N2O5/c1-14(13-28-18-11-9-17(27-4)10-12-18)23-21(25)15(2)24-19-7-5-6-8-20(19)29-16(3)22(24)26/h5-12,14-16H,13H2,1-4H3,(H,23,25)/t14-,15-,16+/m0/s1. The van der Waals surface area contributed by atoms with Crippen LogP contribution in [0.15, 0.2) is 48.5 Å². The van der Waals surface area contributed by atoms with Crippen molar-refractivity contribution in [2.75, 3.05) is 18.6 Å². The summed E-state index contributed by atoms with van der Waals surface area (Å²) in [5.41, 5.74) is 0.598. The molecule has 2 aromatic rings. The first kappa shape index (κ1) is 20.5. The van der Waals surface area contributed by atoms with Crippen molar-refractivity contribution >= 4 is 17.5 Å². The number of para-hydroxylation sites is 2. The molecule has 3 atom stereocenters. The molecule has 0 saturated carbocycles. The van der Waals surface area contributed by atoms with E-state index in [9.17, 15) is 9.59 Å². The molecule has 7 heteroatoms. The van der Waals surface area contributed by atoms with Crippen LogP contribution >= 0.6 is 0 Å². The molecule has 154 valence electrons. The second-order valence-electron chi connectivity index (χ2n) is 7.01. The van der Waals surface area contributed by atoms with Gasteiger partial charge in [-0.15, -0.1) is 0 Å². The number of methoxy groups -OCH3 is 1. The molecule has 7 nitrogen and oxygen atoms in total. The zero-order valence-corrected chi connectivity index (χ0v) is 17.0. The normalized spacial score (nSPS) is 17.6. The zero-order valence-electron chi connectivity index (χ0n) is 17.0. The number of carbonyl (C=O) groups excluding carboxylic acids is 2. The number of benzene rings is 2. The number of hydrogen-bond donors (Lipinski definition) is 1. The van der Waals surface area contributed by atoms with Gasteiger partial charge in [-0.1, -0.05) is 12.1 Å². The first-order chi connectivity index (χ1) is 13.9. The molecule has 0 bridgehead atoms. The molecule has 1 aliphatic rings. The summed E-state index contributed by atoms with van der Waals surface area (Å²) in [6.07, 6.45) is -0.643. The van der Waals surface area contributed by atoms with Gasteiger partial charge in [0.15, 0.2) is 6.10 Å². The lowest BCUT2D eigenvalue weighted by Crippen LogP contribution is -2.55. The number of ether oxygens (including phenoxy) is 3. The lowest BCUT2D eigenvalue weighted by atomic mass is 10.1. The van der Waals surface area contributed by atoms with E-state index in [1.807, 2.05) is 31.2 Å². The number of rotatable bonds is 7. The average Bonchev–Trinajstić information content (AvgIpc) is 2.73. The highest BCUT2D eigenvalue weighted by atomic mass is 16.5. The lowest BCUT2D eigenvalue weighted by Gasteiger charge is -2.36. The van der Waals surface area contributed by atoms with Crippen molar-refractivity contribution in [2.24, 2.45) is 0 Å². The van der Waals surface area contributed by atoms with Gasteiger partial charge in [0.25, 0.3) is 5.91 Å². The van der Waals surface area contributed by atoms with E-state index >= 15 is 0 Å². The van der Waals surface area contributed by atoms with E-state index in [0.29, 0.717) is 23.8 Å². The Bertz CT molecular complexity index is 868. The van der Waals surface area contributed by atoms with Gasteiger partial charge in [0.05, 0.1) is 18.8 Å². The molecule has 2 aromatic carbocycles. The van der Waals surface area contributed by atoms with Gasteiger partial charge in [-0.25, -0.2) is 0 Å². The minimum Gasteiger partial charge on any atom is -0.497 e. The zero-order chi connectivity index (χ0) is 21.0. The maximum absolute atomic E-state index is 12.8. The topological polar surface area (TPSA) is 77.1 Å². The fourth-order valence-electron chi connectivity index (χ4n) is 3.13. The van der Waals surface area contributed by atoms with Crippen molar-refractivity contribution in [3.63, 3.8) is 0 Å². The smallest absolute Gasteiger partial charge is 0.268 e. The van der Waals surface area contributed by atoms with E-state index in [4.69, 9.17) is 14.2 Å². The molecule has 0 radical (unpaired) electrons. The van der Waals surface area contributed by atoms with Crippen molar-refractivity contribution in [3.05, 3.63) is 48.5 Å². The fraction of sp³-hybridized carbons (Fsp3) is 0.364. The maximum atomic E-state index is 12.8. The summed E-state index contributed by atoms with van der Waals surface area (Å²) >= 11 is 0. The molecular formula is C22H26N2O5. The number of amides is 2. The third kappa shape index (κ3) is 4.62. The van der Waals surface area contributed by atoms with Gasteiger partial charge in [-0.3, -0.25) is 14.5 Å². The van der Waals surface area contributed by atoms with Crippen LogP contribution in [0.4, 0.5) is 5.69 Å². The monoisotopic (exact) mass is 398 g/mol. The summed E-state index contributed by atoms with van der Waals surface area (Å²) in [6, 6.07) is 13.5. The molecule has 2 amide bonds. The van der Waals surface area contributed by atoms with E-state index in [0.717, 1.165) is 5.75 Å². The predicted octanol–water partition coefficient (Wildman–Crippen LogP) is 2.78. The highest BCUT2D eigenvalue weighted by Crippen LogP contribution is 2.35. The molecule has 0 unspecified atom stereocenters. The SMILES string of the molecule is COc1ccc(OC[C@H](C)NC(=O)[C@H](C)N2C(=O)[C@@H](C)Oc3ccccc32)cc1. The van der Waals surface area contributed by atoms with Crippen LogP contribution in [-0.4, -0.2) is 43.7 Å². The third-order valence-electron chi connectivity index (χ3n) is 4.73. The largest absolute Gasteiger partial charge is 0.497 e. The molecule has 1 aliphatic heterocycles. The highest BCUT2D eigenvalue weighted by molar-refractivity contribution is 6.05. The molecule has 0 spiro atoms. The van der Waals surface area contributed by atoms with Crippen LogP contribution in [0, 0.1) is 0 Å². The average molecular weight is 398 g/mol. The Hall–Kier alpha value is -3.22. The van der Waals surface area contributed by atoms with Crippen molar-refractivity contribution in [3.8, 4) is 17.2 Å². The molecule has 0 fully saturated rings. The first-order valence-electron chi connectivity index (χ1n) is 9.56. The number of hydrogen-bond acceptors (Lipinski definition) is 5. The Balaban J connectivity index is 1.61. The molecular weight excluding hydrogens is 372 g/mol. The molecule has 0 saturated heterocycles. The molecule has 29 heavy (non-hydrogen) atoms. The van der Waals surface area contributed by atoms with Crippen LogP contribution in [-0.2, 0) is 9.59 Å². The summed E-state index contributed by atoms with van der Waals surface area (Å²) in [6.45, 7) is 5.54. The second kappa shape index (κ2) is 8.86. The molecule has 3 rings (SSSR count). The van der Waals surface area contributed by atoms with Crippen molar-refractivity contribution in [2.45, 2.75) is 39.0 Å². The van der Waals surface area contributed by atoms with Crippen LogP contribution in [0.1, 0.15) is 20.8 Å². The van der Waals surface area contributed by atoms with E-state index in [2.05, 4.69) is 5.32 Å². The molecule has 1 heterocycles. The fourth-order valence-corrected chi connectivity index (χ4v) is 3.13. The number of nitrogens with one attached hydrogen (secondary N) is 1. The number of nitrogens with zero attached hydrogens (tertiary/aromatic N) is 1. The maximum Gasteiger partial charge on any atom is 0.268 e. The predicted molar refractivity (Wildman–Crippen MR) is 110 cm³/mol. The van der Waals surface area contributed by atoms with Crippen LogP contribution in [0.2, 0.25) is 0 Å². The summed E-state index contributed by atoms with van der Waals surface area (Å²) < 4.78 is 16.5. The number of carbonyl (C=O) groups is 2. The Morgan fingerprint density at radius 2 is 1.79 bits per heavy atom. The van der Waals surface area contributed by atoms with E-state index in [1.54, 1.807) is 45.2 Å². The summed E-state index contributed by atoms with van der Waals surface area (Å²) in [7, 11) is 1.60. The van der Waals surface area contributed by atoms with Gasteiger partial charge >= 0.3 is 0 Å². The van der Waals surface area contributed by atoms with Crippen LogP contribution in [0.5, 0.6) is 17.2 Å². The lowest BCUT2D eigenvalue weighted by molar-refractivity contribution is -0.130. The minimum atomic E-state index is -0.682. The highest BCUT2D eigenvalue weighted by Gasteiger charge is 2.37. The Morgan fingerprint density at radius 1 is 1.14 bits per heavy atom. The quantitative estimate of drug-likeness (QED) is 0.776. The molecule has 0 aromatic heterocycles. The van der Waals surface area contributed by atoms with E-state index in [1.165, 1.54) is 4.90 Å². The second-order valence-corrected chi connectivity index (χ2v) is 7.01. The van der Waals surface area contributed by atoms with Crippen molar-refractivity contribution in [1.82, 2.24) is 5.32 Å². The van der Waals surface area contributed by atoms with E-state index in [-0.39, 0.29) is 17.9 Å². The van der Waals surface area contributed by atoms with Crippen LogP contribution < -0.4 is 24.4 Å². The summed E-state index contributed by atoms with van der Waals surface area (Å²) in [5, 5.41) is 2.91. The van der Waals surface area contributed by atoms with Crippen molar-refractivity contribution in [1.29, 1.82) is 0 Å². The number of fused-ring (bicyclic) bond motifs is 1. The Morgan fingerprint density at radius 3 is 2.48 bits per heavy atom. The van der Waals surface area contributed by atoms with Gasteiger partial charge < -0.3 is 19.5 Å². The minimum absolute atomic E-state index is 0.240. The van der Waals surface area contributed by atoms with Gasteiger partial charge in [0, 0.05) is 0 Å². The summed E-state index contributed by atoms with van der Waals surface area (Å²) in [4.78, 5) is 27.0. The molecule has 0 aliphatic carbocycles.